The lowest BCUT2D eigenvalue weighted by atomic mass is 9.96. The average molecular weight is 291 g/mol. The van der Waals surface area contributed by atoms with E-state index in [4.69, 9.17) is 18.0 Å². The van der Waals surface area contributed by atoms with Crippen molar-refractivity contribution < 1.29 is 4.79 Å². The van der Waals surface area contributed by atoms with Crippen molar-refractivity contribution in [2.75, 3.05) is 0 Å². The quantitative estimate of drug-likeness (QED) is 0.747. The minimum absolute atomic E-state index is 0.196. The van der Waals surface area contributed by atoms with Crippen LogP contribution in [0.4, 0.5) is 4.79 Å². The normalized spacial score (nSPS) is 17.2. The van der Waals surface area contributed by atoms with Crippen molar-refractivity contribution in [1.82, 2.24) is 10.6 Å². The molecular weight excluding hydrogens is 270 g/mol. The van der Waals surface area contributed by atoms with E-state index in [2.05, 4.69) is 10.6 Å². The largest absolute Gasteiger partial charge is 0.391 e. The van der Waals surface area contributed by atoms with Gasteiger partial charge in [-0.3, -0.25) is 0 Å². The maximum atomic E-state index is 12.1. The molecule has 2 rings (SSSR count). The number of amides is 2. The Labute approximate surface area is 125 Å². The Morgan fingerprint density at radius 1 is 1.20 bits per heavy atom. The second kappa shape index (κ2) is 7.24. The summed E-state index contributed by atoms with van der Waals surface area (Å²) < 4.78 is 0. The van der Waals surface area contributed by atoms with Crippen molar-refractivity contribution >= 4 is 23.2 Å². The highest BCUT2D eigenvalue weighted by molar-refractivity contribution is 7.80. The number of thiocarbonyl (C=S) groups is 1. The molecule has 2 amide bonds. The summed E-state index contributed by atoms with van der Waals surface area (Å²) in [4.78, 5) is 12.3. The van der Waals surface area contributed by atoms with E-state index in [1.807, 2.05) is 30.3 Å². The Balaban J connectivity index is 1.94. The number of rotatable bonds is 4. The van der Waals surface area contributed by atoms with E-state index in [0.717, 1.165) is 18.4 Å². The molecule has 0 bridgehead atoms. The summed E-state index contributed by atoms with van der Waals surface area (Å²) in [5.41, 5.74) is 6.64. The predicted molar refractivity (Wildman–Crippen MR) is 84.5 cm³/mol. The van der Waals surface area contributed by atoms with Gasteiger partial charge < -0.3 is 16.4 Å². The van der Waals surface area contributed by atoms with Crippen molar-refractivity contribution in [2.24, 2.45) is 5.73 Å². The van der Waals surface area contributed by atoms with Crippen LogP contribution >= 0.6 is 12.2 Å². The molecule has 1 atom stereocenters. The zero-order chi connectivity index (χ0) is 14.4. The number of hydrogen-bond acceptors (Lipinski definition) is 2. The molecular formula is C15H21N3OS. The third-order valence-corrected chi connectivity index (χ3v) is 3.87. The van der Waals surface area contributed by atoms with Gasteiger partial charge in [-0.05, 0) is 18.4 Å². The number of nitrogens with one attached hydrogen (secondary N) is 2. The lowest BCUT2D eigenvalue weighted by molar-refractivity contribution is 0.231. The van der Waals surface area contributed by atoms with E-state index in [1.54, 1.807) is 0 Å². The van der Waals surface area contributed by atoms with Gasteiger partial charge in [0.1, 0.15) is 11.0 Å². The van der Waals surface area contributed by atoms with Gasteiger partial charge in [-0.15, -0.1) is 0 Å². The van der Waals surface area contributed by atoms with Crippen LogP contribution in [0.1, 0.15) is 43.7 Å². The van der Waals surface area contributed by atoms with Gasteiger partial charge in [0, 0.05) is 6.04 Å². The summed E-state index contributed by atoms with van der Waals surface area (Å²) >= 11 is 5.06. The van der Waals surface area contributed by atoms with Gasteiger partial charge in [-0.2, -0.15) is 0 Å². The number of carbonyl (C=O) groups excluding carboxylic acids is 1. The summed E-state index contributed by atoms with van der Waals surface area (Å²) in [6.45, 7) is 0. The van der Waals surface area contributed by atoms with Crippen LogP contribution in [-0.4, -0.2) is 17.1 Å². The Morgan fingerprint density at radius 3 is 2.45 bits per heavy atom. The minimum Gasteiger partial charge on any atom is -0.391 e. The summed E-state index contributed by atoms with van der Waals surface area (Å²) in [7, 11) is 0. The molecule has 108 valence electrons. The topological polar surface area (TPSA) is 67.1 Å². The molecule has 4 nitrogen and oxygen atoms in total. The standard InChI is InChI=1S/C15H21N3OS/c16-14(20)13(11-7-3-1-4-8-11)18-15(19)17-12-9-5-2-6-10-12/h1,3-4,7-8,12-13H,2,5-6,9-10H2,(H2,16,20)(H2,17,18,19). The van der Waals surface area contributed by atoms with E-state index in [9.17, 15) is 4.79 Å². The second-order valence-corrected chi connectivity index (χ2v) is 5.67. The highest BCUT2D eigenvalue weighted by Crippen LogP contribution is 2.18. The summed E-state index contributed by atoms with van der Waals surface area (Å²) in [6.07, 6.45) is 5.73. The monoisotopic (exact) mass is 291 g/mol. The first-order valence-electron chi connectivity index (χ1n) is 7.08. The van der Waals surface area contributed by atoms with E-state index in [0.29, 0.717) is 0 Å². The molecule has 4 N–H and O–H groups in total. The van der Waals surface area contributed by atoms with Crippen LogP contribution in [0.15, 0.2) is 30.3 Å². The lowest BCUT2D eigenvalue weighted by Gasteiger charge is -2.25. The second-order valence-electron chi connectivity index (χ2n) is 5.20. The zero-order valence-electron chi connectivity index (χ0n) is 11.5. The maximum Gasteiger partial charge on any atom is 0.315 e. The van der Waals surface area contributed by atoms with Gasteiger partial charge in [0.05, 0.1) is 0 Å². The first kappa shape index (κ1) is 14.8. The first-order valence-corrected chi connectivity index (χ1v) is 7.49. The molecule has 20 heavy (non-hydrogen) atoms. The van der Waals surface area contributed by atoms with Crippen molar-refractivity contribution in [3.8, 4) is 0 Å². The fourth-order valence-corrected chi connectivity index (χ4v) is 2.76. The smallest absolute Gasteiger partial charge is 0.315 e. The molecule has 1 aromatic rings. The zero-order valence-corrected chi connectivity index (χ0v) is 12.3. The van der Waals surface area contributed by atoms with Gasteiger partial charge in [0.2, 0.25) is 0 Å². The van der Waals surface area contributed by atoms with Crippen molar-refractivity contribution in [2.45, 2.75) is 44.2 Å². The SMILES string of the molecule is NC(=S)C(NC(=O)NC1CCCCC1)c1ccccc1. The summed E-state index contributed by atoms with van der Waals surface area (Å²) in [6, 6.07) is 9.19. The number of hydrogen-bond donors (Lipinski definition) is 3. The van der Waals surface area contributed by atoms with Crippen molar-refractivity contribution in [3.05, 3.63) is 35.9 Å². The summed E-state index contributed by atoms with van der Waals surface area (Å²) in [5, 5.41) is 5.87. The van der Waals surface area contributed by atoms with Crippen LogP contribution in [0, 0.1) is 0 Å². The third kappa shape index (κ3) is 4.20. The molecule has 1 aromatic carbocycles. The molecule has 0 aliphatic heterocycles. The van der Waals surface area contributed by atoms with Gasteiger partial charge >= 0.3 is 6.03 Å². The third-order valence-electron chi connectivity index (χ3n) is 3.63. The van der Waals surface area contributed by atoms with E-state index < -0.39 is 6.04 Å². The molecule has 0 saturated heterocycles. The highest BCUT2D eigenvalue weighted by atomic mass is 32.1. The molecule has 5 heteroatoms. The number of urea groups is 1. The van der Waals surface area contributed by atoms with E-state index in [1.165, 1.54) is 19.3 Å². The molecule has 1 unspecified atom stereocenters. The minimum atomic E-state index is -0.421. The van der Waals surface area contributed by atoms with Gasteiger partial charge in [0.25, 0.3) is 0 Å². The van der Waals surface area contributed by atoms with Crippen molar-refractivity contribution in [1.29, 1.82) is 0 Å². The van der Waals surface area contributed by atoms with Gasteiger partial charge in [0.15, 0.2) is 0 Å². The van der Waals surface area contributed by atoms with Gasteiger partial charge in [-0.25, -0.2) is 4.79 Å². The molecule has 0 heterocycles. The van der Waals surface area contributed by atoms with Crippen LogP contribution in [0.2, 0.25) is 0 Å². The van der Waals surface area contributed by atoms with Crippen LogP contribution in [-0.2, 0) is 0 Å². The molecule has 0 spiro atoms. The highest BCUT2D eigenvalue weighted by Gasteiger charge is 2.20. The molecule has 0 radical (unpaired) electrons. The number of carbonyl (C=O) groups is 1. The molecule has 1 saturated carbocycles. The summed E-state index contributed by atoms with van der Waals surface area (Å²) in [5.74, 6) is 0. The Morgan fingerprint density at radius 2 is 1.85 bits per heavy atom. The lowest BCUT2D eigenvalue weighted by Crippen LogP contribution is -2.46. The first-order chi connectivity index (χ1) is 9.66. The molecule has 1 aliphatic carbocycles. The van der Waals surface area contributed by atoms with Crippen molar-refractivity contribution in [3.63, 3.8) is 0 Å². The van der Waals surface area contributed by atoms with Gasteiger partial charge in [-0.1, -0.05) is 61.8 Å². The van der Waals surface area contributed by atoms with Crippen LogP contribution in [0.3, 0.4) is 0 Å². The van der Waals surface area contributed by atoms with Crippen LogP contribution in [0.25, 0.3) is 0 Å². The van der Waals surface area contributed by atoms with Crippen LogP contribution < -0.4 is 16.4 Å². The molecule has 1 fully saturated rings. The fourth-order valence-electron chi connectivity index (χ4n) is 2.57. The Kier molecular flexibility index (Phi) is 5.35. The van der Waals surface area contributed by atoms with E-state index in [-0.39, 0.29) is 17.1 Å². The predicted octanol–water partition coefficient (Wildman–Crippen LogP) is 2.65. The van der Waals surface area contributed by atoms with E-state index >= 15 is 0 Å². The molecule has 1 aliphatic rings. The molecule has 0 aromatic heterocycles. The number of benzene rings is 1. The number of nitrogens with two attached hydrogens (primary N) is 1. The Hall–Kier alpha value is -1.62. The maximum absolute atomic E-state index is 12.1. The fraction of sp³-hybridized carbons (Fsp3) is 0.467. The van der Waals surface area contributed by atoms with Crippen LogP contribution in [0.5, 0.6) is 0 Å². The Bertz CT molecular complexity index is 457. The average Bonchev–Trinajstić information content (AvgIpc) is 2.46.